The molecule has 0 aromatic carbocycles. The van der Waals surface area contributed by atoms with Crippen molar-refractivity contribution in [3.8, 4) is 0 Å². The van der Waals surface area contributed by atoms with Crippen molar-refractivity contribution < 1.29 is 19.5 Å². The summed E-state index contributed by atoms with van der Waals surface area (Å²) in [6, 6.07) is -1.15. The molecule has 0 saturated carbocycles. The molecule has 0 unspecified atom stereocenters. The van der Waals surface area contributed by atoms with Crippen molar-refractivity contribution in [2.24, 2.45) is 5.73 Å². The number of carboxylic acid groups (broad SMARTS) is 1. The lowest BCUT2D eigenvalue weighted by Crippen LogP contribution is -2.32. The van der Waals surface area contributed by atoms with Crippen LogP contribution in [0.4, 0.5) is 0 Å². The average Bonchev–Trinajstić information content (AvgIpc) is 2.33. The first-order valence-electron chi connectivity index (χ1n) is 3.94. The number of nitrogens with two attached hydrogens (primary N) is 1. The Morgan fingerprint density at radius 3 is 2.57 bits per heavy atom. The van der Waals surface area contributed by atoms with Gasteiger partial charge in [0.1, 0.15) is 6.04 Å². The molecule has 1 aliphatic rings. The molecule has 6 heteroatoms. The summed E-state index contributed by atoms with van der Waals surface area (Å²) in [6.45, 7) is 0. The molecule has 0 aromatic heterocycles. The van der Waals surface area contributed by atoms with Crippen molar-refractivity contribution in [2.45, 2.75) is 12.5 Å². The molecule has 2 amide bonds. The number of carbonyl (C=O) groups excluding carboxylic acids is 2. The molecule has 0 aliphatic carbocycles. The van der Waals surface area contributed by atoms with Crippen LogP contribution in [-0.2, 0) is 14.4 Å². The molecule has 0 fully saturated rings. The van der Waals surface area contributed by atoms with E-state index in [0.717, 1.165) is 11.0 Å². The molecule has 76 valence electrons. The molecule has 1 heterocycles. The first kappa shape index (κ1) is 10.4. The van der Waals surface area contributed by atoms with Gasteiger partial charge in [-0.2, -0.15) is 0 Å². The van der Waals surface area contributed by atoms with Gasteiger partial charge < -0.3 is 10.8 Å². The maximum Gasteiger partial charge on any atom is 0.320 e. The molecular formula is C8H10N2O4. The zero-order valence-electron chi connectivity index (χ0n) is 7.56. The van der Waals surface area contributed by atoms with E-state index in [2.05, 4.69) is 0 Å². The summed E-state index contributed by atoms with van der Waals surface area (Å²) in [5, 5.41) is 8.50. The van der Waals surface area contributed by atoms with E-state index in [0.29, 0.717) is 0 Å². The second kappa shape index (κ2) is 3.59. The Kier molecular flexibility index (Phi) is 2.66. The van der Waals surface area contributed by atoms with Crippen LogP contribution in [0.3, 0.4) is 0 Å². The van der Waals surface area contributed by atoms with Gasteiger partial charge in [-0.25, -0.2) is 0 Å². The van der Waals surface area contributed by atoms with Gasteiger partial charge in [0.25, 0.3) is 11.8 Å². The lowest BCUT2D eigenvalue weighted by atomic mass is 10.1. The molecule has 0 bridgehead atoms. The Hall–Kier alpha value is -1.69. The molecule has 1 aliphatic heterocycles. The van der Waals surface area contributed by atoms with E-state index in [-0.39, 0.29) is 12.0 Å². The van der Waals surface area contributed by atoms with Crippen LogP contribution in [-0.4, -0.2) is 40.9 Å². The molecule has 0 radical (unpaired) electrons. The van der Waals surface area contributed by atoms with Crippen LogP contribution >= 0.6 is 0 Å². The van der Waals surface area contributed by atoms with Crippen LogP contribution in [0, 0.1) is 0 Å². The number of hydrogen-bond acceptors (Lipinski definition) is 4. The minimum Gasteiger partial charge on any atom is -0.480 e. The molecule has 6 nitrogen and oxygen atoms in total. The highest BCUT2D eigenvalue weighted by molar-refractivity contribution is 6.16. The van der Waals surface area contributed by atoms with Gasteiger partial charge in [0, 0.05) is 25.1 Å². The molecule has 14 heavy (non-hydrogen) atoms. The first-order chi connectivity index (χ1) is 6.43. The van der Waals surface area contributed by atoms with E-state index < -0.39 is 23.8 Å². The lowest BCUT2D eigenvalue weighted by molar-refractivity contribution is -0.138. The number of likely N-dealkylation sites (N-methyl/N-ethyl adjacent to an activating group) is 1. The minimum absolute atomic E-state index is 0.121. The van der Waals surface area contributed by atoms with Gasteiger partial charge in [-0.3, -0.25) is 19.3 Å². The normalized spacial score (nSPS) is 18.4. The Bertz CT molecular complexity index is 334. The molecule has 1 atom stereocenters. The Labute approximate surface area is 80.0 Å². The predicted octanol–water partition coefficient (Wildman–Crippen LogP) is -1.29. The van der Waals surface area contributed by atoms with E-state index in [1.54, 1.807) is 0 Å². The Morgan fingerprint density at radius 1 is 1.64 bits per heavy atom. The lowest BCUT2D eigenvalue weighted by Gasteiger charge is -2.08. The summed E-state index contributed by atoms with van der Waals surface area (Å²) < 4.78 is 0. The van der Waals surface area contributed by atoms with Crippen molar-refractivity contribution >= 4 is 17.8 Å². The van der Waals surface area contributed by atoms with Crippen molar-refractivity contribution in [1.29, 1.82) is 0 Å². The minimum atomic E-state index is -1.19. The zero-order valence-corrected chi connectivity index (χ0v) is 7.56. The number of nitrogens with zero attached hydrogens (tertiary/aromatic N) is 1. The number of amides is 2. The van der Waals surface area contributed by atoms with Gasteiger partial charge >= 0.3 is 5.97 Å². The monoisotopic (exact) mass is 198 g/mol. The second-order valence-corrected chi connectivity index (χ2v) is 3.02. The van der Waals surface area contributed by atoms with E-state index in [1.165, 1.54) is 7.05 Å². The van der Waals surface area contributed by atoms with E-state index in [4.69, 9.17) is 10.8 Å². The topological polar surface area (TPSA) is 101 Å². The van der Waals surface area contributed by atoms with Crippen LogP contribution in [0.5, 0.6) is 0 Å². The van der Waals surface area contributed by atoms with E-state index in [1.807, 2.05) is 0 Å². The van der Waals surface area contributed by atoms with Crippen LogP contribution < -0.4 is 5.73 Å². The largest absolute Gasteiger partial charge is 0.480 e. The predicted molar refractivity (Wildman–Crippen MR) is 46.1 cm³/mol. The number of hydrogen-bond donors (Lipinski definition) is 2. The number of rotatable bonds is 3. The third-order valence-electron chi connectivity index (χ3n) is 1.96. The summed E-state index contributed by atoms with van der Waals surface area (Å²) in [4.78, 5) is 33.6. The Balaban J connectivity index is 2.72. The standard InChI is InChI=1S/C8H10N2O4/c1-10-6(11)3-4(7(10)12)2-5(9)8(13)14/h3,5H,2,9H2,1H3,(H,13,14)/t5-/m0/s1. The fraction of sp³-hybridized carbons (Fsp3) is 0.375. The molecular weight excluding hydrogens is 188 g/mol. The van der Waals surface area contributed by atoms with Crippen molar-refractivity contribution in [2.75, 3.05) is 7.05 Å². The maximum atomic E-state index is 11.3. The third-order valence-corrected chi connectivity index (χ3v) is 1.96. The van der Waals surface area contributed by atoms with E-state index >= 15 is 0 Å². The quantitative estimate of drug-likeness (QED) is 0.550. The maximum absolute atomic E-state index is 11.3. The Morgan fingerprint density at radius 2 is 2.21 bits per heavy atom. The van der Waals surface area contributed by atoms with Gasteiger partial charge in [0.05, 0.1) is 0 Å². The number of aliphatic carboxylic acids is 1. The number of imide groups is 1. The molecule has 0 saturated heterocycles. The van der Waals surface area contributed by atoms with Crippen molar-refractivity contribution in [3.63, 3.8) is 0 Å². The molecule has 1 rings (SSSR count). The summed E-state index contributed by atoms with van der Waals surface area (Å²) in [6.07, 6.45) is 0.995. The van der Waals surface area contributed by atoms with Crippen molar-refractivity contribution in [1.82, 2.24) is 4.90 Å². The van der Waals surface area contributed by atoms with Crippen LogP contribution in [0.1, 0.15) is 6.42 Å². The molecule has 0 spiro atoms. The highest BCUT2D eigenvalue weighted by atomic mass is 16.4. The van der Waals surface area contributed by atoms with Crippen molar-refractivity contribution in [3.05, 3.63) is 11.6 Å². The van der Waals surface area contributed by atoms with Crippen LogP contribution in [0.15, 0.2) is 11.6 Å². The fourth-order valence-corrected chi connectivity index (χ4v) is 1.09. The van der Waals surface area contributed by atoms with Gasteiger partial charge in [-0.1, -0.05) is 0 Å². The smallest absolute Gasteiger partial charge is 0.320 e. The summed E-state index contributed by atoms with van der Waals surface area (Å²) in [5.74, 6) is -2.12. The number of carbonyl (C=O) groups is 3. The van der Waals surface area contributed by atoms with Crippen LogP contribution in [0.2, 0.25) is 0 Å². The highest BCUT2D eigenvalue weighted by Crippen LogP contribution is 2.15. The summed E-state index contributed by atoms with van der Waals surface area (Å²) >= 11 is 0. The molecule has 3 N–H and O–H groups in total. The van der Waals surface area contributed by atoms with Gasteiger partial charge in [0.15, 0.2) is 0 Å². The fourth-order valence-electron chi connectivity index (χ4n) is 1.09. The highest BCUT2D eigenvalue weighted by Gasteiger charge is 2.29. The third kappa shape index (κ3) is 1.80. The second-order valence-electron chi connectivity index (χ2n) is 3.02. The first-order valence-corrected chi connectivity index (χ1v) is 3.94. The zero-order chi connectivity index (χ0) is 10.9. The summed E-state index contributed by atoms with van der Waals surface area (Å²) in [5.41, 5.74) is 5.37. The number of carboxylic acids is 1. The average molecular weight is 198 g/mol. The van der Waals surface area contributed by atoms with Gasteiger partial charge in [-0.15, -0.1) is 0 Å². The summed E-state index contributed by atoms with van der Waals surface area (Å²) in [7, 11) is 1.33. The van der Waals surface area contributed by atoms with Crippen LogP contribution in [0.25, 0.3) is 0 Å². The van der Waals surface area contributed by atoms with E-state index in [9.17, 15) is 14.4 Å². The molecule has 0 aromatic rings. The SMILES string of the molecule is CN1C(=O)C=C(C[C@H](N)C(=O)O)C1=O. The van der Waals surface area contributed by atoms with Gasteiger partial charge in [-0.05, 0) is 0 Å². The van der Waals surface area contributed by atoms with Gasteiger partial charge in [0.2, 0.25) is 0 Å².